The number of likely N-dealkylation sites (N-methyl/N-ethyl adjacent to an activating group) is 1. The number of nitrogens with zero attached hydrogens (tertiary/aromatic N) is 2. The second kappa shape index (κ2) is 10.5. The molecule has 0 aromatic heterocycles. The van der Waals surface area contributed by atoms with Crippen molar-refractivity contribution in [3.05, 3.63) is 65.2 Å². The topological polar surface area (TPSA) is 90.3 Å². The van der Waals surface area contributed by atoms with Crippen molar-refractivity contribution in [2.45, 2.75) is 39.8 Å². The fraction of sp³-hybridized carbons (Fsp3) is 0.385. The Balaban J connectivity index is 2.04. The Hall–Kier alpha value is -3.32. The summed E-state index contributed by atoms with van der Waals surface area (Å²) >= 11 is 0. The molecule has 2 N–H and O–H groups in total. The molecule has 7 nitrogen and oxygen atoms in total. The zero-order chi connectivity index (χ0) is 24.1. The minimum absolute atomic E-state index is 0.00933. The lowest BCUT2D eigenvalue weighted by atomic mass is 9.95. The fourth-order valence-electron chi connectivity index (χ4n) is 4.02. The number of hydrogen-bond acceptors (Lipinski definition) is 6. The second-order valence-corrected chi connectivity index (χ2v) is 8.30. The van der Waals surface area contributed by atoms with E-state index in [1.54, 1.807) is 36.4 Å². The number of ether oxygens (including phenoxy) is 1. The van der Waals surface area contributed by atoms with Crippen molar-refractivity contribution in [2.24, 2.45) is 0 Å². The molecule has 1 atom stereocenters. The van der Waals surface area contributed by atoms with Gasteiger partial charge in [-0.15, -0.1) is 0 Å². The number of amides is 1. The number of likely N-dealkylation sites (tertiary alicyclic amines) is 1. The van der Waals surface area contributed by atoms with E-state index in [1.165, 1.54) is 17.0 Å². The van der Waals surface area contributed by atoms with E-state index in [9.17, 15) is 19.8 Å². The Bertz CT molecular complexity index is 1010. The molecule has 3 rings (SSSR count). The molecule has 0 unspecified atom stereocenters. The molecule has 1 saturated heterocycles. The lowest BCUT2D eigenvalue weighted by Crippen LogP contribution is -2.38. The summed E-state index contributed by atoms with van der Waals surface area (Å²) in [6, 6.07) is 12.4. The number of carbonyl (C=O) groups excluding carboxylic acids is 2. The molecule has 1 aliphatic heterocycles. The van der Waals surface area contributed by atoms with E-state index in [0.717, 1.165) is 13.1 Å². The lowest BCUT2D eigenvalue weighted by molar-refractivity contribution is -0.140. The van der Waals surface area contributed by atoms with Crippen LogP contribution < -0.4 is 4.74 Å². The van der Waals surface area contributed by atoms with Crippen molar-refractivity contribution < 1.29 is 24.5 Å². The minimum Gasteiger partial charge on any atom is -0.508 e. The fourth-order valence-corrected chi connectivity index (χ4v) is 4.02. The number of hydrogen-bond donors (Lipinski definition) is 2. The van der Waals surface area contributed by atoms with Gasteiger partial charge < -0.3 is 24.7 Å². The molecule has 7 heteroatoms. The van der Waals surface area contributed by atoms with Crippen LogP contribution in [0.5, 0.6) is 11.5 Å². The predicted octanol–water partition coefficient (Wildman–Crippen LogP) is 3.94. The van der Waals surface area contributed by atoms with Crippen molar-refractivity contribution >= 4 is 17.4 Å². The number of carbonyl (C=O) groups is 2. The van der Waals surface area contributed by atoms with E-state index in [1.807, 2.05) is 27.7 Å². The van der Waals surface area contributed by atoms with Crippen LogP contribution in [0, 0.1) is 0 Å². The molecule has 0 bridgehead atoms. The first-order chi connectivity index (χ1) is 15.8. The lowest BCUT2D eigenvalue weighted by Gasteiger charge is -2.28. The summed E-state index contributed by atoms with van der Waals surface area (Å²) < 4.78 is 5.65. The van der Waals surface area contributed by atoms with Gasteiger partial charge in [0.15, 0.2) is 0 Å². The van der Waals surface area contributed by atoms with Crippen molar-refractivity contribution in [1.82, 2.24) is 9.80 Å². The summed E-state index contributed by atoms with van der Waals surface area (Å²) in [5.74, 6) is -0.849. The van der Waals surface area contributed by atoms with Crippen LogP contribution in [0.15, 0.2) is 54.1 Å². The highest BCUT2D eigenvalue weighted by Crippen LogP contribution is 2.39. The molecule has 2 aromatic rings. The maximum absolute atomic E-state index is 13.1. The number of aliphatic hydroxyl groups excluding tert-OH is 1. The molecular weight excluding hydrogens is 420 g/mol. The van der Waals surface area contributed by atoms with Crippen molar-refractivity contribution in [3.8, 4) is 11.5 Å². The minimum atomic E-state index is -0.743. The van der Waals surface area contributed by atoms with E-state index in [0.29, 0.717) is 30.0 Å². The SMILES string of the molecule is CCN(CC)CCN1C(=O)C(=O)C(=C(O)c2ccc(OC(C)C)cc2)[C@@H]1c1ccc(O)cc1. The van der Waals surface area contributed by atoms with Crippen molar-refractivity contribution in [1.29, 1.82) is 0 Å². The van der Waals surface area contributed by atoms with Crippen LogP contribution in [-0.4, -0.2) is 64.0 Å². The van der Waals surface area contributed by atoms with Gasteiger partial charge in [-0.3, -0.25) is 9.59 Å². The Morgan fingerprint density at radius 2 is 1.64 bits per heavy atom. The smallest absolute Gasteiger partial charge is 0.295 e. The van der Waals surface area contributed by atoms with Crippen LogP contribution in [0.3, 0.4) is 0 Å². The van der Waals surface area contributed by atoms with Crippen LogP contribution in [0.1, 0.15) is 44.9 Å². The van der Waals surface area contributed by atoms with Crippen molar-refractivity contribution in [3.63, 3.8) is 0 Å². The predicted molar refractivity (Wildman–Crippen MR) is 127 cm³/mol. The Morgan fingerprint density at radius 3 is 2.18 bits per heavy atom. The molecule has 1 aliphatic rings. The molecule has 1 fully saturated rings. The summed E-state index contributed by atoms with van der Waals surface area (Å²) in [4.78, 5) is 29.8. The third-order valence-electron chi connectivity index (χ3n) is 5.80. The third kappa shape index (κ3) is 5.37. The number of aliphatic hydroxyl groups is 1. The van der Waals surface area contributed by atoms with Crippen LogP contribution in [0.25, 0.3) is 5.76 Å². The summed E-state index contributed by atoms with van der Waals surface area (Å²) in [6.45, 7) is 10.5. The molecule has 33 heavy (non-hydrogen) atoms. The van der Waals surface area contributed by atoms with Crippen LogP contribution >= 0.6 is 0 Å². The van der Waals surface area contributed by atoms with Crippen molar-refractivity contribution in [2.75, 3.05) is 26.2 Å². The number of phenolic OH excluding ortho intramolecular Hbond substituents is 1. The first-order valence-corrected chi connectivity index (χ1v) is 11.3. The van der Waals surface area contributed by atoms with E-state index in [4.69, 9.17) is 4.74 Å². The molecule has 0 saturated carbocycles. The largest absolute Gasteiger partial charge is 0.508 e. The van der Waals surface area contributed by atoms with E-state index < -0.39 is 17.7 Å². The van der Waals surface area contributed by atoms with Gasteiger partial charge in [0.05, 0.1) is 17.7 Å². The quantitative estimate of drug-likeness (QED) is 0.340. The van der Waals surface area contributed by atoms with E-state index in [2.05, 4.69) is 4.90 Å². The number of Topliss-reactive ketones (excluding diaryl/α,β-unsaturated/α-hetero) is 1. The number of rotatable bonds is 9. The third-order valence-corrected chi connectivity index (χ3v) is 5.80. The average Bonchev–Trinajstić information content (AvgIpc) is 3.05. The summed E-state index contributed by atoms with van der Waals surface area (Å²) in [6.07, 6.45) is 0.00933. The zero-order valence-electron chi connectivity index (χ0n) is 19.6. The van der Waals surface area contributed by atoms with Gasteiger partial charge in [0.2, 0.25) is 0 Å². The molecule has 1 heterocycles. The van der Waals surface area contributed by atoms with Gasteiger partial charge in [-0.2, -0.15) is 0 Å². The molecule has 0 radical (unpaired) electrons. The van der Waals surface area contributed by atoms with Gasteiger partial charge in [-0.1, -0.05) is 26.0 Å². The van der Waals surface area contributed by atoms with E-state index in [-0.39, 0.29) is 23.2 Å². The summed E-state index contributed by atoms with van der Waals surface area (Å²) in [5, 5.41) is 20.9. The molecule has 176 valence electrons. The van der Waals surface area contributed by atoms with E-state index >= 15 is 0 Å². The molecule has 0 spiro atoms. The van der Waals surface area contributed by atoms with Gasteiger partial charge in [-0.05, 0) is 68.9 Å². The molecule has 0 aliphatic carbocycles. The van der Waals surface area contributed by atoms with Gasteiger partial charge >= 0.3 is 0 Å². The van der Waals surface area contributed by atoms with Gasteiger partial charge in [0.1, 0.15) is 17.3 Å². The van der Waals surface area contributed by atoms with Gasteiger partial charge in [-0.25, -0.2) is 0 Å². The monoisotopic (exact) mass is 452 g/mol. The number of benzene rings is 2. The number of aromatic hydroxyl groups is 1. The Kier molecular flexibility index (Phi) is 7.76. The first kappa shape index (κ1) is 24.3. The molecule has 2 aromatic carbocycles. The zero-order valence-corrected chi connectivity index (χ0v) is 19.6. The van der Waals surface area contributed by atoms with Gasteiger partial charge in [0.25, 0.3) is 11.7 Å². The number of phenols is 1. The highest BCUT2D eigenvalue weighted by Gasteiger charge is 2.45. The first-order valence-electron chi connectivity index (χ1n) is 11.3. The normalized spacial score (nSPS) is 17.9. The van der Waals surface area contributed by atoms with Crippen LogP contribution in [-0.2, 0) is 9.59 Å². The van der Waals surface area contributed by atoms with Crippen LogP contribution in [0.4, 0.5) is 0 Å². The Labute approximate surface area is 194 Å². The standard InChI is InChI=1S/C26H32N2O5/c1-5-27(6-2)15-16-28-23(18-7-11-20(29)12-8-18)22(25(31)26(28)32)24(30)19-9-13-21(14-10-19)33-17(3)4/h7-14,17,23,29-30H,5-6,15-16H2,1-4H3/t23-/m0/s1. The maximum atomic E-state index is 13.1. The van der Waals surface area contributed by atoms with Gasteiger partial charge in [0, 0.05) is 18.7 Å². The maximum Gasteiger partial charge on any atom is 0.295 e. The average molecular weight is 453 g/mol. The highest BCUT2D eigenvalue weighted by atomic mass is 16.5. The molecular formula is C26H32N2O5. The van der Waals surface area contributed by atoms with Crippen LogP contribution in [0.2, 0.25) is 0 Å². The summed E-state index contributed by atoms with van der Waals surface area (Å²) in [7, 11) is 0. The molecule has 1 amide bonds. The second-order valence-electron chi connectivity index (χ2n) is 8.30. The Morgan fingerprint density at radius 1 is 1.03 bits per heavy atom. The number of ketones is 1. The summed E-state index contributed by atoms with van der Waals surface area (Å²) in [5.41, 5.74) is 1.12. The highest BCUT2D eigenvalue weighted by molar-refractivity contribution is 6.46.